The molecule has 0 aromatic heterocycles. The third-order valence-corrected chi connectivity index (χ3v) is 4.72. The number of piperidine rings is 1. The third-order valence-electron chi connectivity index (χ3n) is 4.72. The van der Waals surface area contributed by atoms with Gasteiger partial charge in [-0.2, -0.15) is 0 Å². The number of anilines is 1. The van der Waals surface area contributed by atoms with E-state index in [2.05, 4.69) is 43.4 Å². The van der Waals surface area contributed by atoms with Gasteiger partial charge in [-0.3, -0.25) is 4.79 Å². The first-order chi connectivity index (χ1) is 12.0. The van der Waals surface area contributed by atoms with E-state index in [-0.39, 0.29) is 11.9 Å². The average molecular weight is 338 g/mol. The van der Waals surface area contributed by atoms with Crippen LogP contribution >= 0.6 is 0 Å². The van der Waals surface area contributed by atoms with Crippen molar-refractivity contribution in [2.24, 2.45) is 0 Å². The molecule has 0 bridgehead atoms. The number of aryl methyl sites for hydroxylation is 1. The largest absolute Gasteiger partial charge is 0.391 e. The minimum atomic E-state index is -0.402. The molecule has 25 heavy (non-hydrogen) atoms. The number of carbonyl (C=O) groups excluding carboxylic acids is 1. The molecule has 1 aliphatic rings. The van der Waals surface area contributed by atoms with Gasteiger partial charge in [0.05, 0.1) is 6.10 Å². The first kappa shape index (κ1) is 17.5. The first-order valence-electron chi connectivity index (χ1n) is 8.93. The van der Waals surface area contributed by atoms with Crippen LogP contribution < -0.4 is 5.32 Å². The number of hydrogen-bond donors (Lipinski definition) is 2. The van der Waals surface area contributed by atoms with Crippen molar-refractivity contribution >= 4 is 11.6 Å². The van der Waals surface area contributed by atoms with Crippen LogP contribution in [0.3, 0.4) is 0 Å². The molecule has 2 aromatic carbocycles. The predicted molar refractivity (Wildman–Crippen MR) is 101 cm³/mol. The number of hydrogen-bond acceptors (Lipinski definition) is 3. The van der Waals surface area contributed by atoms with Crippen LogP contribution in [-0.4, -0.2) is 35.1 Å². The molecule has 2 aromatic rings. The molecule has 3 rings (SSSR count). The Morgan fingerprint density at radius 2 is 2.04 bits per heavy atom. The number of aliphatic hydroxyl groups excluding tert-OH is 1. The first-order valence-corrected chi connectivity index (χ1v) is 8.93. The zero-order valence-electron chi connectivity index (χ0n) is 14.9. The van der Waals surface area contributed by atoms with Crippen LogP contribution in [0.5, 0.6) is 0 Å². The van der Waals surface area contributed by atoms with Gasteiger partial charge in [-0.25, -0.2) is 0 Å². The lowest BCUT2D eigenvalue weighted by atomic mass is 10.0. The van der Waals surface area contributed by atoms with Gasteiger partial charge in [0.25, 0.3) is 5.91 Å². The van der Waals surface area contributed by atoms with Crippen molar-refractivity contribution in [1.29, 1.82) is 0 Å². The van der Waals surface area contributed by atoms with E-state index >= 15 is 0 Å². The summed E-state index contributed by atoms with van der Waals surface area (Å²) in [6.07, 6.45) is 1.23. The van der Waals surface area contributed by atoms with Crippen LogP contribution in [0, 0.1) is 6.92 Å². The van der Waals surface area contributed by atoms with Crippen molar-refractivity contribution in [2.45, 2.75) is 38.8 Å². The van der Waals surface area contributed by atoms with Gasteiger partial charge < -0.3 is 15.3 Å². The lowest BCUT2D eigenvalue weighted by Crippen LogP contribution is -2.42. The van der Waals surface area contributed by atoms with Crippen LogP contribution in [0.25, 0.3) is 0 Å². The molecule has 0 radical (unpaired) electrons. The number of carbonyl (C=O) groups is 1. The Hall–Kier alpha value is -2.33. The van der Waals surface area contributed by atoms with Gasteiger partial charge in [0, 0.05) is 30.4 Å². The molecule has 4 heteroatoms. The maximum Gasteiger partial charge on any atom is 0.254 e. The Balaban J connectivity index is 1.71. The lowest BCUT2D eigenvalue weighted by Gasteiger charge is -2.30. The Kier molecular flexibility index (Phi) is 5.39. The van der Waals surface area contributed by atoms with Crippen LogP contribution in [0.2, 0.25) is 0 Å². The molecule has 2 unspecified atom stereocenters. The molecule has 132 valence electrons. The Morgan fingerprint density at radius 3 is 2.80 bits per heavy atom. The van der Waals surface area contributed by atoms with E-state index in [9.17, 15) is 9.90 Å². The molecule has 0 saturated carbocycles. The van der Waals surface area contributed by atoms with Gasteiger partial charge in [0.1, 0.15) is 0 Å². The molecule has 0 spiro atoms. The summed E-state index contributed by atoms with van der Waals surface area (Å²) in [4.78, 5) is 14.4. The number of nitrogens with zero attached hydrogens (tertiary/aromatic N) is 1. The van der Waals surface area contributed by atoms with E-state index in [0.29, 0.717) is 18.7 Å². The minimum Gasteiger partial charge on any atom is -0.391 e. The second-order valence-electron chi connectivity index (χ2n) is 6.91. The van der Waals surface area contributed by atoms with Crippen LogP contribution in [-0.2, 0) is 0 Å². The van der Waals surface area contributed by atoms with Gasteiger partial charge in [-0.05, 0) is 50.5 Å². The smallest absolute Gasteiger partial charge is 0.254 e. The minimum absolute atomic E-state index is 0.00870. The normalized spacial score (nSPS) is 18.7. The number of nitrogens with one attached hydrogen (secondary N) is 1. The zero-order valence-corrected chi connectivity index (χ0v) is 14.9. The summed E-state index contributed by atoms with van der Waals surface area (Å²) >= 11 is 0. The van der Waals surface area contributed by atoms with Crippen molar-refractivity contribution < 1.29 is 9.90 Å². The molecule has 1 saturated heterocycles. The van der Waals surface area contributed by atoms with Crippen molar-refractivity contribution in [3.63, 3.8) is 0 Å². The molecule has 1 aliphatic heterocycles. The second-order valence-corrected chi connectivity index (χ2v) is 6.91. The second kappa shape index (κ2) is 7.70. The lowest BCUT2D eigenvalue weighted by molar-refractivity contribution is 0.0474. The monoisotopic (exact) mass is 338 g/mol. The highest BCUT2D eigenvalue weighted by Crippen LogP contribution is 2.22. The topological polar surface area (TPSA) is 52.6 Å². The summed E-state index contributed by atoms with van der Waals surface area (Å²) in [5.41, 5.74) is 4.04. The van der Waals surface area contributed by atoms with Crippen molar-refractivity contribution in [1.82, 2.24) is 4.90 Å². The molecule has 2 N–H and O–H groups in total. The Labute approximate surface area is 149 Å². The van der Waals surface area contributed by atoms with E-state index < -0.39 is 6.10 Å². The van der Waals surface area contributed by atoms with E-state index in [1.54, 1.807) is 4.90 Å². The maximum atomic E-state index is 12.7. The molecule has 4 nitrogen and oxygen atoms in total. The van der Waals surface area contributed by atoms with E-state index in [4.69, 9.17) is 0 Å². The van der Waals surface area contributed by atoms with Crippen molar-refractivity contribution in [3.8, 4) is 0 Å². The summed E-state index contributed by atoms with van der Waals surface area (Å²) in [5.74, 6) is -0.00870. The van der Waals surface area contributed by atoms with Gasteiger partial charge in [0.15, 0.2) is 0 Å². The van der Waals surface area contributed by atoms with Gasteiger partial charge in [0.2, 0.25) is 0 Å². The summed E-state index contributed by atoms with van der Waals surface area (Å²) in [7, 11) is 0. The molecule has 1 amide bonds. The number of likely N-dealkylation sites (tertiary alicyclic amines) is 1. The number of rotatable bonds is 4. The maximum absolute atomic E-state index is 12.7. The van der Waals surface area contributed by atoms with Crippen molar-refractivity contribution in [2.75, 3.05) is 18.4 Å². The van der Waals surface area contributed by atoms with Crippen LogP contribution in [0.1, 0.15) is 47.3 Å². The van der Waals surface area contributed by atoms with E-state index in [0.717, 1.165) is 18.5 Å². The Bertz CT molecular complexity index is 744. The third kappa shape index (κ3) is 4.40. The van der Waals surface area contributed by atoms with Crippen molar-refractivity contribution in [3.05, 3.63) is 65.2 Å². The predicted octanol–water partition coefficient (Wildman–Crippen LogP) is 3.77. The fourth-order valence-electron chi connectivity index (χ4n) is 3.34. The van der Waals surface area contributed by atoms with Crippen LogP contribution in [0.4, 0.5) is 5.69 Å². The van der Waals surface area contributed by atoms with Gasteiger partial charge >= 0.3 is 0 Å². The van der Waals surface area contributed by atoms with Gasteiger partial charge in [-0.1, -0.05) is 35.9 Å². The SMILES string of the molecule is Cc1cccc(C(C)Nc2cccc(C(=O)N3CCCC(O)C3)c2)c1. The molecule has 2 atom stereocenters. The summed E-state index contributed by atoms with van der Waals surface area (Å²) in [6, 6.07) is 16.2. The molecule has 1 fully saturated rings. The van der Waals surface area contributed by atoms with E-state index in [1.165, 1.54) is 11.1 Å². The molecular formula is C21H26N2O2. The molecule has 0 aliphatic carbocycles. The summed E-state index contributed by atoms with van der Waals surface area (Å²) in [5, 5.41) is 13.3. The highest BCUT2D eigenvalue weighted by atomic mass is 16.3. The van der Waals surface area contributed by atoms with Gasteiger partial charge in [-0.15, -0.1) is 0 Å². The molecule has 1 heterocycles. The number of amides is 1. The number of β-amino-alcohol motifs (C(OH)–C–C–N with tert-alkyl or cyclic N) is 1. The highest BCUT2D eigenvalue weighted by Gasteiger charge is 2.23. The standard InChI is InChI=1S/C21H26N2O2/c1-15-6-3-7-17(12-15)16(2)22-19-9-4-8-18(13-19)21(25)23-11-5-10-20(24)14-23/h3-4,6-9,12-13,16,20,22,24H,5,10-11,14H2,1-2H3. The Morgan fingerprint density at radius 1 is 1.24 bits per heavy atom. The molecular weight excluding hydrogens is 312 g/mol. The number of aliphatic hydroxyl groups is 1. The average Bonchev–Trinajstić information content (AvgIpc) is 2.61. The van der Waals surface area contributed by atoms with Crippen LogP contribution in [0.15, 0.2) is 48.5 Å². The van der Waals surface area contributed by atoms with E-state index in [1.807, 2.05) is 24.3 Å². The highest BCUT2D eigenvalue weighted by molar-refractivity contribution is 5.95. The fourth-order valence-corrected chi connectivity index (χ4v) is 3.34. The quantitative estimate of drug-likeness (QED) is 0.892. The summed E-state index contributed by atoms with van der Waals surface area (Å²) in [6.45, 7) is 5.34. The fraction of sp³-hybridized carbons (Fsp3) is 0.381. The summed E-state index contributed by atoms with van der Waals surface area (Å²) < 4.78 is 0. The zero-order chi connectivity index (χ0) is 17.8. The number of benzene rings is 2.